The van der Waals surface area contributed by atoms with Gasteiger partial charge < -0.3 is 5.32 Å². The van der Waals surface area contributed by atoms with E-state index in [0.29, 0.717) is 6.04 Å². The molecule has 2 unspecified atom stereocenters. The molecule has 1 aliphatic heterocycles. The quantitative estimate of drug-likeness (QED) is 0.526. The third-order valence-corrected chi connectivity index (χ3v) is 1.52. The molecule has 0 bridgehead atoms. The molecule has 45 valence electrons. The predicted octanol–water partition coefficient (Wildman–Crippen LogP) is 0.237. The summed E-state index contributed by atoms with van der Waals surface area (Å²) < 4.78 is 0. The third-order valence-electron chi connectivity index (χ3n) is 1.52. The van der Waals surface area contributed by atoms with Crippen molar-refractivity contribution < 1.29 is 4.79 Å². The fraction of sp³-hybridized carbons (Fsp3) is 0.833. The van der Waals surface area contributed by atoms with Crippen molar-refractivity contribution in [2.75, 3.05) is 0 Å². The van der Waals surface area contributed by atoms with Gasteiger partial charge in [-0.15, -0.1) is 0 Å². The Morgan fingerprint density at radius 2 is 2.38 bits per heavy atom. The second-order valence-electron chi connectivity index (χ2n) is 2.32. The lowest BCUT2D eigenvalue weighted by Crippen LogP contribution is -2.27. The molecule has 1 fully saturated rings. The highest BCUT2D eigenvalue weighted by Gasteiger charge is 2.19. The van der Waals surface area contributed by atoms with E-state index in [1.165, 1.54) is 0 Å². The minimum absolute atomic E-state index is 0.0185. The second-order valence-corrected chi connectivity index (χ2v) is 2.32. The summed E-state index contributed by atoms with van der Waals surface area (Å²) in [5, 5.41) is 3.08. The van der Waals surface area contributed by atoms with Crippen LogP contribution in [-0.2, 0) is 4.79 Å². The van der Waals surface area contributed by atoms with Crippen molar-refractivity contribution in [2.24, 2.45) is 0 Å². The average molecular weight is 112 g/mol. The van der Waals surface area contributed by atoms with Crippen LogP contribution in [0.1, 0.15) is 19.8 Å². The highest BCUT2D eigenvalue weighted by Crippen LogP contribution is 2.08. The summed E-state index contributed by atoms with van der Waals surface area (Å²) in [5.41, 5.74) is 0. The Morgan fingerprint density at radius 1 is 1.62 bits per heavy atom. The maximum Gasteiger partial charge on any atom is 0.216 e. The van der Waals surface area contributed by atoms with Crippen molar-refractivity contribution >= 4 is 6.29 Å². The van der Waals surface area contributed by atoms with Crippen molar-refractivity contribution in [1.29, 1.82) is 0 Å². The minimum Gasteiger partial charge on any atom is -0.305 e. The van der Waals surface area contributed by atoms with Gasteiger partial charge in [0.25, 0.3) is 0 Å². The van der Waals surface area contributed by atoms with Crippen LogP contribution >= 0.6 is 0 Å². The molecule has 0 aromatic heterocycles. The van der Waals surface area contributed by atoms with Crippen molar-refractivity contribution in [2.45, 2.75) is 31.8 Å². The molecule has 0 amide bonds. The Bertz CT molecular complexity index is 92.5. The van der Waals surface area contributed by atoms with Crippen LogP contribution in [0.15, 0.2) is 0 Å². The van der Waals surface area contributed by atoms with E-state index in [0.717, 1.165) is 12.8 Å². The molecule has 1 heterocycles. The number of carbonyl (C=O) groups excluding carboxylic acids is 1. The van der Waals surface area contributed by atoms with Crippen LogP contribution < -0.4 is 5.32 Å². The van der Waals surface area contributed by atoms with Gasteiger partial charge in [-0.3, -0.25) is 4.79 Å². The molecule has 0 aromatic rings. The molecule has 1 N–H and O–H groups in total. The van der Waals surface area contributed by atoms with Gasteiger partial charge in [-0.2, -0.15) is 0 Å². The molecule has 2 nitrogen and oxygen atoms in total. The molecule has 2 atom stereocenters. The van der Waals surface area contributed by atoms with Crippen LogP contribution in [0.5, 0.6) is 0 Å². The molecule has 8 heavy (non-hydrogen) atoms. The Kier molecular flexibility index (Phi) is 1.63. The van der Waals surface area contributed by atoms with E-state index in [2.05, 4.69) is 12.2 Å². The molecular weight excluding hydrogens is 102 g/mol. The summed E-state index contributed by atoms with van der Waals surface area (Å²) in [6.07, 6.45) is 4.01. The van der Waals surface area contributed by atoms with E-state index in [1.807, 2.05) is 6.29 Å². The van der Waals surface area contributed by atoms with Crippen molar-refractivity contribution in [1.82, 2.24) is 5.32 Å². The number of nitrogens with one attached hydrogen (secondary N) is 1. The molecule has 2 heteroatoms. The van der Waals surface area contributed by atoms with E-state index in [-0.39, 0.29) is 6.04 Å². The van der Waals surface area contributed by atoms with Gasteiger partial charge in [0.2, 0.25) is 6.29 Å². The molecule has 1 aliphatic rings. The normalized spacial score (nSPS) is 37.6. The highest BCUT2D eigenvalue weighted by molar-refractivity contribution is 5.59. The zero-order chi connectivity index (χ0) is 5.98. The summed E-state index contributed by atoms with van der Waals surface area (Å²) >= 11 is 0. The van der Waals surface area contributed by atoms with Gasteiger partial charge in [-0.25, -0.2) is 0 Å². The lowest BCUT2D eigenvalue weighted by atomic mass is 10.2. The second kappa shape index (κ2) is 2.27. The van der Waals surface area contributed by atoms with Gasteiger partial charge in [0.15, 0.2) is 0 Å². The van der Waals surface area contributed by atoms with Gasteiger partial charge in [-0.1, -0.05) is 0 Å². The van der Waals surface area contributed by atoms with E-state index in [4.69, 9.17) is 0 Å². The maximum atomic E-state index is 9.97. The van der Waals surface area contributed by atoms with Gasteiger partial charge in [0.05, 0.1) is 6.04 Å². The van der Waals surface area contributed by atoms with Crippen LogP contribution in [0.2, 0.25) is 0 Å². The van der Waals surface area contributed by atoms with Gasteiger partial charge in [0.1, 0.15) is 0 Å². The van der Waals surface area contributed by atoms with Crippen LogP contribution in [0.3, 0.4) is 0 Å². The monoisotopic (exact) mass is 112 g/mol. The zero-order valence-corrected chi connectivity index (χ0v) is 4.98. The zero-order valence-electron chi connectivity index (χ0n) is 4.98. The molecule has 0 aliphatic carbocycles. The first kappa shape index (κ1) is 5.76. The van der Waals surface area contributed by atoms with Crippen LogP contribution in [0.25, 0.3) is 0 Å². The van der Waals surface area contributed by atoms with Gasteiger partial charge in [-0.05, 0) is 19.8 Å². The molecule has 0 saturated carbocycles. The van der Waals surface area contributed by atoms with E-state index in [9.17, 15) is 4.79 Å². The first-order valence-corrected chi connectivity index (χ1v) is 2.96. The topological polar surface area (TPSA) is 29.1 Å². The van der Waals surface area contributed by atoms with Crippen molar-refractivity contribution in [3.8, 4) is 0 Å². The summed E-state index contributed by atoms with van der Waals surface area (Å²) in [6, 6.07) is 0.534. The van der Waals surface area contributed by atoms with Crippen LogP contribution in [0, 0.1) is 0 Å². The summed E-state index contributed by atoms with van der Waals surface area (Å²) in [5.74, 6) is 0. The fourth-order valence-electron chi connectivity index (χ4n) is 1.02. The maximum absolute atomic E-state index is 9.97. The van der Waals surface area contributed by atoms with Crippen LogP contribution in [0.4, 0.5) is 0 Å². The molecule has 0 aromatic carbocycles. The lowest BCUT2D eigenvalue weighted by molar-refractivity contribution is 0.527. The van der Waals surface area contributed by atoms with Gasteiger partial charge in [0, 0.05) is 6.04 Å². The average Bonchev–Trinajstić information content (AvgIpc) is 2.14. The molecule has 1 saturated heterocycles. The van der Waals surface area contributed by atoms with Crippen molar-refractivity contribution in [3.63, 3.8) is 0 Å². The molecule has 1 rings (SSSR count). The predicted molar refractivity (Wildman–Crippen MR) is 31.3 cm³/mol. The smallest absolute Gasteiger partial charge is 0.216 e. The first-order valence-electron chi connectivity index (χ1n) is 2.96. The Morgan fingerprint density at radius 3 is 2.62 bits per heavy atom. The SMILES string of the molecule is CC1CCC([C]=O)N1. The number of hydrogen-bond donors (Lipinski definition) is 1. The summed E-state index contributed by atoms with van der Waals surface area (Å²) in [7, 11) is 0. The Balaban J connectivity index is 2.32. The van der Waals surface area contributed by atoms with E-state index >= 15 is 0 Å². The summed E-state index contributed by atoms with van der Waals surface area (Å²) in [6.45, 7) is 2.08. The highest BCUT2D eigenvalue weighted by atomic mass is 16.1. The summed E-state index contributed by atoms with van der Waals surface area (Å²) in [4.78, 5) is 9.97. The fourth-order valence-corrected chi connectivity index (χ4v) is 1.02. The van der Waals surface area contributed by atoms with Gasteiger partial charge >= 0.3 is 0 Å². The minimum atomic E-state index is 0.0185. The largest absolute Gasteiger partial charge is 0.305 e. The standard InChI is InChI=1S/C6H10NO/c1-5-2-3-6(4-8)7-5/h5-7H,2-3H2,1H3. The molecule has 0 spiro atoms. The van der Waals surface area contributed by atoms with E-state index < -0.39 is 0 Å². The third kappa shape index (κ3) is 1.07. The van der Waals surface area contributed by atoms with Crippen molar-refractivity contribution in [3.05, 3.63) is 0 Å². The Hall–Kier alpha value is -0.370. The number of hydrogen-bond acceptors (Lipinski definition) is 2. The van der Waals surface area contributed by atoms with E-state index in [1.54, 1.807) is 0 Å². The first-order chi connectivity index (χ1) is 3.83. The lowest BCUT2D eigenvalue weighted by Gasteiger charge is -2.00. The number of rotatable bonds is 1. The van der Waals surface area contributed by atoms with Crippen LogP contribution in [-0.4, -0.2) is 18.4 Å². The molecular formula is C6H10NO. The molecule has 1 radical (unpaired) electrons. The Labute approximate surface area is 49.3 Å².